The summed E-state index contributed by atoms with van der Waals surface area (Å²) in [6.07, 6.45) is 0. The lowest BCUT2D eigenvalue weighted by atomic mass is 10.3. The van der Waals surface area contributed by atoms with Crippen molar-refractivity contribution in [3.8, 4) is 5.75 Å². The summed E-state index contributed by atoms with van der Waals surface area (Å²) in [6, 6.07) is 9.80. The fourth-order valence-corrected chi connectivity index (χ4v) is 0.683. The Morgan fingerprint density at radius 1 is 1.08 bits per heavy atom. The molecular formula is C10H16O2. The van der Waals surface area contributed by atoms with Crippen molar-refractivity contribution in [3.05, 3.63) is 30.3 Å². The molecule has 1 aromatic rings. The van der Waals surface area contributed by atoms with Gasteiger partial charge in [0.2, 0.25) is 0 Å². The molecule has 0 bridgehead atoms. The lowest BCUT2D eigenvalue weighted by Crippen LogP contribution is -1.89. The van der Waals surface area contributed by atoms with Crippen LogP contribution in [0.15, 0.2) is 30.3 Å². The summed E-state index contributed by atoms with van der Waals surface area (Å²) >= 11 is 0. The van der Waals surface area contributed by atoms with Crippen LogP contribution in [0.3, 0.4) is 0 Å². The SMILES string of the molecule is CCOc1ccccc1.COC. The molecule has 68 valence electrons. The van der Waals surface area contributed by atoms with Crippen LogP contribution >= 0.6 is 0 Å². The predicted octanol–water partition coefficient (Wildman–Crippen LogP) is 2.35. The first-order chi connectivity index (χ1) is 5.85. The summed E-state index contributed by atoms with van der Waals surface area (Å²) in [4.78, 5) is 0. The number of hydrogen-bond donors (Lipinski definition) is 0. The Bertz CT molecular complexity index is 172. The molecule has 2 nitrogen and oxygen atoms in total. The quantitative estimate of drug-likeness (QED) is 0.674. The molecule has 0 unspecified atom stereocenters. The molecule has 0 N–H and O–H groups in total. The van der Waals surface area contributed by atoms with E-state index >= 15 is 0 Å². The van der Waals surface area contributed by atoms with E-state index in [1.54, 1.807) is 14.2 Å². The first kappa shape index (κ1) is 11.0. The van der Waals surface area contributed by atoms with Crippen molar-refractivity contribution < 1.29 is 9.47 Å². The van der Waals surface area contributed by atoms with Crippen molar-refractivity contribution in [2.75, 3.05) is 20.8 Å². The standard InChI is InChI=1S/C8H10O.C2H6O/c1-2-9-8-6-4-3-5-7-8;1-3-2/h3-7H,2H2,1H3;1-2H3. The summed E-state index contributed by atoms with van der Waals surface area (Å²) in [6.45, 7) is 2.72. The van der Waals surface area contributed by atoms with E-state index in [1.165, 1.54) is 0 Å². The van der Waals surface area contributed by atoms with Gasteiger partial charge in [0.1, 0.15) is 5.75 Å². The summed E-state index contributed by atoms with van der Waals surface area (Å²) in [7, 11) is 3.25. The molecular weight excluding hydrogens is 152 g/mol. The first-order valence-electron chi connectivity index (χ1n) is 3.93. The van der Waals surface area contributed by atoms with Crippen molar-refractivity contribution >= 4 is 0 Å². The fourth-order valence-electron chi connectivity index (χ4n) is 0.683. The Hall–Kier alpha value is -1.02. The van der Waals surface area contributed by atoms with Gasteiger partial charge in [0.25, 0.3) is 0 Å². The maximum Gasteiger partial charge on any atom is 0.119 e. The minimum atomic E-state index is 0.740. The zero-order chi connectivity index (χ0) is 9.23. The van der Waals surface area contributed by atoms with E-state index in [4.69, 9.17) is 4.74 Å². The second kappa shape index (κ2) is 8.08. The van der Waals surface area contributed by atoms with Crippen LogP contribution in [0.1, 0.15) is 6.92 Å². The van der Waals surface area contributed by atoms with Crippen LogP contribution in [-0.4, -0.2) is 20.8 Å². The molecule has 0 heterocycles. The molecule has 0 saturated carbocycles. The van der Waals surface area contributed by atoms with Crippen molar-refractivity contribution in [3.63, 3.8) is 0 Å². The zero-order valence-corrected chi connectivity index (χ0v) is 7.91. The second-order valence-corrected chi connectivity index (χ2v) is 2.15. The van der Waals surface area contributed by atoms with Gasteiger partial charge in [-0.1, -0.05) is 18.2 Å². The van der Waals surface area contributed by atoms with Gasteiger partial charge in [0.15, 0.2) is 0 Å². The van der Waals surface area contributed by atoms with E-state index < -0.39 is 0 Å². The van der Waals surface area contributed by atoms with Gasteiger partial charge in [-0.3, -0.25) is 0 Å². The third-order valence-corrected chi connectivity index (χ3v) is 1.05. The lowest BCUT2D eigenvalue weighted by Gasteiger charge is -1.99. The summed E-state index contributed by atoms with van der Waals surface area (Å²) in [5.74, 6) is 0.944. The van der Waals surface area contributed by atoms with Gasteiger partial charge >= 0.3 is 0 Å². The summed E-state index contributed by atoms with van der Waals surface area (Å²) in [5, 5.41) is 0. The Morgan fingerprint density at radius 2 is 1.58 bits per heavy atom. The van der Waals surface area contributed by atoms with Gasteiger partial charge in [-0.25, -0.2) is 0 Å². The van der Waals surface area contributed by atoms with Crippen LogP contribution in [-0.2, 0) is 4.74 Å². The predicted molar refractivity (Wildman–Crippen MR) is 50.5 cm³/mol. The van der Waals surface area contributed by atoms with Crippen molar-refractivity contribution in [1.29, 1.82) is 0 Å². The minimum Gasteiger partial charge on any atom is -0.494 e. The highest BCUT2D eigenvalue weighted by Gasteiger charge is 1.83. The van der Waals surface area contributed by atoms with Crippen molar-refractivity contribution in [2.45, 2.75) is 6.92 Å². The highest BCUT2D eigenvalue weighted by molar-refractivity contribution is 5.20. The van der Waals surface area contributed by atoms with Crippen LogP contribution in [0, 0.1) is 0 Å². The van der Waals surface area contributed by atoms with E-state index in [9.17, 15) is 0 Å². The average Bonchev–Trinajstić information content (AvgIpc) is 2.08. The molecule has 0 aliphatic heterocycles. The Labute approximate surface area is 74.1 Å². The number of rotatable bonds is 2. The van der Waals surface area contributed by atoms with E-state index in [0.29, 0.717) is 0 Å². The molecule has 0 saturated heterocycles. The van der Waals surface area contributed by atoms with Crippen molar-refractivity contribution in [1.82, 2.24) is 0 Å². The molecule has 1 aromatic carbocycles. The monoisotopic (exact) mass is 168 g/mol. The number of ether oxygens (including phenoxy) is 2. The van der Waals surface area contributed by atoms with Crippen LogP contribution in [0.5, 0.6) is 5.75 Å². The largest absolute Gasteiger partial charge is 0.494 e. The van der Waals surface area contributed by atoms with Crippen LogP contribution < -0.4 is 4.74 Å². The zero-order valence-electron chi connectivity index (χ0n) is 7.91. The molecule has 0 amide bonds. The van der Waals surface area contributed by atoms with Gasteiger partial charge in [-0.15, -0.1) is 0 Å². The van der Waals surface area contributed by atoms with Gasteiger partial charge in [0, 0.05) is 14.2 Å². The third kappa shape index (κ3) is 5.74. The molecule has 0 aliphatic carbocycles. The van der Waals surface area contributed by atoms with Crippen molar-refractivity contribution in [2.24, 2.45) is 0 Å². The average molecular weight is 168 g/mol. The number of methoxy groups -OCH3 is 1. The molecule has 0 aromatic heterocycles. The van der Waals surface area contributed by atoms with E-state index in [0.717, 1.165) is 12.4 Å². The topological polar surface area (TPSA) is 18.5 Å². The van der Waals surface area contributed by atoms with Gasteiger partial charge in [-0.2, -0.15) is 0 Å². The smallest absolute Gasteiger partial charge is 0.119 e. The molecule has 0 atom stereocenters. The molecule has 0 fully saturated rings. The van der Waals surface area contributed by atoms with Gasteiger partial charge in [0.05, 0.1) is 6.61 Å². The maximum atomic E-state index is 5.21. The molecule has 2 heteroatoms. The molecule has 0 aliphatic rings. The van der Waals surface area contributed by atoms with Gasteiger partial charge < -0.3 is 9.47 Å². The van der Waals surface area contributed by atoms with Crippen LogP contribution in [0.2, 0.25) is 0 Å². The Balaban J connectivity index is 0.000000354. The van der Waals surface area contributed by atoms with Crippen LogP contribution in [0.4, 0.5) is 0 Å². The molecule has 12 heavy (non-hydrogen) atoms. The summed E-state index contributed by atoms with van der Waals surface area (Å²) < 4.78 is 9.46. The Morgan fingerprint density at radius 3 is 2.00 bits per heavy atom. The van der Waals surface area contributed by atoms with E-state index in [2.05, 4.69) is 4.74 Å². The molecule has 0 radical (unpaired) electrons. The second-order valence-electron chi connectivity index (χ2n) is 2.15. The van der Waals surface area contributed by atoms with Crippen LogP contribution in [0.25, 0.3) is 0 Å². The number of para-hydroxylation sites is 1. The Kier molecular flexibility index (Phi) is 7.39. The number of benzene rings is 1. The third-order valence-electron chi connectivity index (χ3n) is 1.05. The fraction of sp³-hybridized carbons (Fsp3) is 0.400. The number of hydrogen-bond acceptors (Lipinski definition) is 2. The highest BCUT2D eigenvalue weighted by Crippen LogP contribution is 2.06. The molecule has 0 spiro atoms. The lowest BCUT2D eigenvalue weighted by molar-refractivity contribution is 0.277. The normalized spacial score (nSPS) is 8.25. The molecule has 1 rings (SSSR count). The van der Waals surface area contributed by atoms with Gasteiger partial charge in [-0.05, 0) is 19.1 Å². The first-order valence-corrected chi connectivity index (χ1v) is 3.93. The summed E-state index contributed by atoms with van der Waals surface area (Å²) in [5.41, 5.74) is 0. The maximum absolute atomic E-state index is 5.21. The minimum absolute atomic E-state index is 0.740. The van der Waals surface area contributed by atoms with E-state index in [-0.39, 0.29) is 0 Å². The highest BCUT2D eigenvalue weighted by atomic mass is 16.5. The van der Waals surface area contributed by atoms with E-state index in [1.807, 2.05) is 37.3 Å².